The molecule has 0 aromatic heterocycles. The molecule has 0 atom stereocenters. The van der Waals surface area contributed by atoms with E-state index in [4.69, 9.17) is 11.6 Å². The zero-order valence-electron chi connectivity index (χ0n) is 9.09. The van der Waals surface area contributed by atoms with Crippen LogP contribution in [-0.4, -0.2) is 23.7 Å². The summed E-state index contributed by atoms with van der Waals surface area (Å²) in [7, 11) is 0. The van der Waals surface area contributed by atoms with Gasteiger partial charge >= 0.3 is 0 Å². The molecule has 3 heteroatoms. The van der Waals surface area contributed by atoms with Gasteiger partial charge < -0.3 is 5.32 Å². The summed E-state index contributed by atoms with van der Waals surface area (Å²) in [6.45, 7) is 4.37. The van der Waals surface area contributed by atoms with Crippen molar-refractivity contribution in [3.63, 3.8) is 0 Å². The number of rotatable bonds is 5. The summed E-state index contributed by atoms with van der Waals surface area (Å²) < 4.78 is 0. The molecule has 0 bridgehead atoms. The van der Waals surface area contributed by atoms with Crippen molar-refractivity contribution in [3.05, 3.63) is 35.9 Å². The molecule has 1 aromatic carbocycles. The summed E-state index contributed by atoms with van der Waals surface area (Å²) in [5, 5.41) is 3.13. The molecule has 0 saturated heterocycles. The first-order valence-electron chi connectivity index (χ1n) is 4.99. The molecule has 0 fully saturated rings. The number of Topliss-reactive ketones (excluding diaryl/α,β-unsaturated/α-hetero) is 1. The van der Waals surface area contributed by atoms with Gasteiger partial charge in [-0.15, -0.1) is 11.6 Å². The van der Waals surface area contributed by atoms with E-state index in [-0.39, 0.29) is 5.78 Å². The Morgan fingerprint density at radius 2 is 1.93 bits per heavy atom. The molecule has 0 aliphatic carbocycles. The summed E-state index contributed by atoms with van der Waals surface area (Å²) in [6.07, 6.45) is 0. The van der Waals surface area contributed by atoms with Crippen LogP contribution in [0.25, 0.3) is 0 Å². The van der Waals surface area contributed by atoms with Crippen LogP contribution in [0.4, 0.5) is 0 Å². The molecule has 0 heterocycles. The summed E-state index contributed by atoms with van der Waals surface area (Å²) in [6, 6.07) is 9.28. The Hall–Kier alpha value is -0.860. The van der Waals surface area contributed by atoms with E-state index < -0.39 is 5.54 Å². The monoisotopic (exact) mass is 225 g/mol. The van der Waals surface area contributed by atoms with Gasteiger partial charge in [0.25, 0.3) is 0 Å². The van der Waals surface area contributed by atoms with Crippen molar-refractivity contribution in [2.24, 2.45) is 0 Å². The molecule has 0 unspecified atom stereocenters. The van der Waals surface area contributed by atoms with Crippen molar-refractivity contribution in [2.45, 2.75) is 19.4 Å². The molecular weight excluding hydrogens is 210 g/mol. The van der Waals surface area contributed by atoms with Crippen molar-refractivity contribution in [2.75, 3.05) is 12.4 Å². The van der Waals surface area contributed by atoms with Crippen LogP contribution in [-0.2, 0) is 0 Å². The molecule has 0 aliphatic rings. The lowest BCUT2D eigenvalue weighted by atomic mass is 9.93. The highest BCUT2D eigenvalue weighted by Gasteiger charge is 2.27. The lowest BCUT2D eigenvalue weighted by Crippen LogP contribution is -2.47. The van der Waals surface area contributed by atoms with Gasteiger partial charge in [0.2, 0.25) is 0 Å². The second-order valence-corrected chi connectivity index (χ2v) is 4.31. The highest BCUT2D eigenvalue weighted by atomic mass is 35.5. The molecule has 15 heavy (non-hydrogen) atoms. The van der Waals surface area contributed by atoms with Gasteiger partial charge in [0.1, 0.15) is 0 Å². The van der Waals surface area contributed by atoms with E-state index in [1.807, 2.05) is 44.2 Å². The minimum absolute atomic E-state index is 0.0909. The molecule has 82 valence electrons. The van der Waals surface area contributed by atoms with Crippen molar-refractivity contribution < 1.29 is 4.79 Å². The maximum absolute atomic E-state index is 12.1. The van der Waals surface area contributed by atoms with Crippen molar-refractivity contribution in [1.82, 2.24) is 5.32 Å². The van der Waals surface area contributed by atoms with Crippen LogP contribution in [0.3, 0.4) is 0 Å². The Morgan fingerprint density at radius 1 is 1.33 bits per heavy atom. The van der Waals surface area contributed by atoms with Gasteiger partial charge in [0.15, 0.2) is 5.78 Å². The van der Waals surface area contributed by atoms with Gasteiger partial charge in [0, 0.05) is 18.0 Å². The Kier molecular flexibility index (Phi) is 4.30. The van der Waals surface area contributed by atoms with Gasteiger partial charge in [-0.05, 0) is 13.8 Å². The van der Waals surface area contributed by atoms with Crippen molar-refractivity contribution in [1.29, 1.82) is 0 Å². The number of hydrogen-bond donors (Lipinski definition) is 1. The predicted molar refractivity (Wildman–Crippen MR) is 63.6 cm³/mol. The van der Waals surface area contributed by atoms with Crippen LogP contribution in [0.2, 0.25) is 0 Å². The number of benzene rings is 1. The zero-order chi connectivity index (χ0) is 11.3. The fraction of sp³-hybridized carbons (Fsp3) is 0.417. The normalized spacial score (nSPS) is 11.4. The average Bonchev–Trinajstić information content (AvgIpc) is 2.26. The molecule has 0 aliphatic heterocycles. The molecule has 0 saturated carbocycles. The molecule has 1 N–H and O–H groups in total. The summed E-state index contributed by atoms with van der Waals surface area (Å²) >= 11 is 5.58. The maximum atomic E-state index is 12.1. The van der Waals surface area contributed by atoms with Crippen LogP contribution >= 0.6 is 11.6 Å². The number of ketones is 1. The summed E-state index contributed by atoms with van der Waals surface area (Å²) in [4.78, 5) is 12.1. The quantitative estimate of drug-likeness (QED) is 0.616. The van der Waals surface area contributed by atoms with Gasteiger partial charge in [-0.2, -0.15) is 0 Å². The van der Waals surface area contributed by atoms with E-state index in [9.17, 15) is 4.79 Å². The average molecular weight is 226 g/mol. The molecule has 1 rings (SSSR count). The Balaban J connectivity index is 2.75. The third kappa shape index (κ3) is 3.33. The van der Waals surface area contributed by atoms with Crippen molar-refractivity contribution in [3.8, 4) is 0 Å². The first-order chi connectivity index (χ1) is 7.08. The molecule has 0 spiro atoms. The number of carbonyl (C=O) groups excluding carboxylic acids is 1. The number of carbonyl (C=O) groups is 1. The third-order valence-corrected chi connectivity index (χ3v) is 2.45. The van der Waals surface area contributed by atoms with Crippen LogP contribution in [0.15, 0.2) is 30.3 Å². The standard InChI is InChI=1S/C12H16ClNO/c1-12(2,14-9-8-13)11(15)10-6-4-3-5-7-10/h3-7,14H,8-9H2,1-2H3. The third-order valence-electron chi connectivity index (χ3n) is 2.27. The largest absolute Gasteiger partial charge is 0.304 e. The molecular formula is C12H16ClNO. The van der Waals surface area contributed by atoms with Crippen LogP contribution in [0.1, 0.15) is 24.2 Å². The van der Waals surface area contributed by atoms with Gasteiger partial charge in [-0.25, -0.2) is 0 Å². The van der Waals surface area contributed by atoms with E-state index in [0.29, 0.717) is 12.4 Å². The molecule has 2 nitrogen and oxygen atoms in total. The Labute approximate surface area is 95.6 Å². The van der Waals surface area contributed by atoms with Gasteiger partial charge in [-0.3, -0.25) is 4.79 Å². The number of halogens is 1. The Bertz CT molecular complexity index is 322. The second kappa shape index (κ2) is 5.29. The van der Waals surface area contributed by atoms with Crippen LogP contribution in [0, 0.1) is 0 Å². The number of hydrogen-bond acceptors (Lipinski definition) is 2. The van der Waals surface area contributed by atoms with E-state index in [0.717, 1.165) is 5.56 Å². The smallest absolute Gasteiger partial charge is 0.182 e. The first kappa shape index (κ1) is 12.2. The highest BCUT2D eigenvalue weighted by Crippen LogP contribution is 2.12. The maximum Gasteiger partial charge on any atom is 0.182 e. The van der Waals surface area contributed by atoms with Crippen LogP contribution < -0.4 is 5.32 Å². The number of alkyl halides is 1. The van der Waals surface area contributed by atoms with Crippen molar-refractivity contribution >= 4 is 17.4 Å². The minimum atomic E-state index is -0.559. The molecule has 1 aromatic rings. The van der Waals surface area contributed by atoms with Gasteiger partial charge in [0.05, 0.1) is 5.54 Å². The topological polar surface area (TPSA) is 29.1 Å². The van der Waals surface area contributed by atoms with Gasteiger partial charge in [-0.1, -0.05) is 30.3 Å². The minimum Gasteiger partial charge on any atom is -0.304 e. The zero-order valence-corrected chi connectivity index (χ0v) is 9.84. The fourth-order valence-corrected chi connectivity index (χ4v) is 1.48. The second-order valence-electron chi connectivity index (χ2n) is 3.94. The van der Waals surface area contributed by atoms with E-state index in [1.54, 1.807) is 0 Å². The van der Waals surface area contributed by atoms with E-state index >= 15 is 0 Å². The predicted octanol–water partition coefficient (Wildman–Crippen LogP) is 2.48. The summed E-state index contributed by atoms with van der Waals surface area (Å²) in [5.74, 6) is 0.596. The fourth-order valence-electron chi connectivity index (χ4n) is 1.39. The molecule has 0 amide bonds. The SMILES string of the molecule is CC(C)(NCCCl)C(=O)c1ccccc1. The summed E-state index contributed by atoms with van der Waals surface area (Å²) in [5.41, 5.74) is 0.167. The van der Waals surface area contributed by atoms with E-state index in [2.05, 4.69) is 5.32 Å². The first-order valence-corrected chi connectivity index (χ1v) is 5.52. The van der Waals surface area contributed by atoms with Crippen LogP contribution in [0.5, 0.6) is 0 Å². The van der Waals surface area contributed by atoms with E-state index in [1.165, 1.54) is 0 Å². The molecule has 0 radical (unpaired) electrons. The highest BCUT2D eigenvalue weighted by molar-refractivity contribution is 6.18. The lowest BCUT2D eigenvalue weighted by Gasteiger charge is -2.24. The lowest BCUT2D eigenvalue weighted by molar-refractivity contribution is 0.0884. The Morgan fingerprint density at radius 3 is 2.47 bits per heavy atom. The number of nitrogens with one attached hydrogen (secondary N) is 1.